The first kappa shape index (κ1) is 15.5. The maximum absolute atomic E-state index is 2.57. The highest BCUT2D eigenvalue weighted by atomic mass is 127. The second kappa shape index (κ2) is 4.25. The van der Waals surface area contributed by atoms with Gasteiger partial charge in [-0.05, 0) is 47.3 Å². The van der Waals surface area contributed by atoms with Crippen LogP contribution in [-0.4, -0.2) is 0 Å². The van der Waals surface area contributed by atoms with Crippen molar-refractivity contribution in [1.29, 1.82) is 0 Å². The van der Waals surface area contributed by atoms with Crippen molar-refractivity contribution in [2.45, 2.75) is 67.2 Å². The highest BCUT2D eigenvalue weighted by Gasteiger charge is 2.53. The Morgan fingerprint density at radius 2 is 0.882 bits per heavy atom. The lowest BCUT2D eigenvalue weighted by molar-refractivity contribution is -0.0203. The summed E-state index contributed by atoms with van der Waals surface area (Å²) in [5.74, 6) is 0. The number of hydrogen-bond donors (Lipinski definition) is 0. The van der Waals surface area contributed by atoms with E-state index in [0.717, 1.165) is 0 Å². The summed E-state index contributed by atoms with van der Waals surface area (Å²) in [5.41, 5.74) is 1.82. The predicted molar refractivity (Wildman–Crippen MR) is 86.8 cm³/mol. The van der Waals surface area contributed by atoms with Crippen molar-refractivity contribution in [3.8, 4) is 0 Å². The molecule has 0 aromatic rings. The summed E-state index contributed by atoms with van der Waals surface area (Å²) < 4.78 is 0. The molecular weight excluding hydrogens is 319 g/mol. The van der Waals surface area contributed by atoms with Gasteiger partial charge >= 0.3 is 0 Å². The summed E-state index contributed by atoms with van der Waals surface area (Å²) >= 11 is 0. The standard InChI is InChI=1S/C16H28.HI/c1-13(2,3)15-7-10-16(11-8-15,12-9-15)14(4,5)6;/h7,10H,8-9,11-12H2,1-6H3;1H. The smallest absolute Gasteiger partial charge is 0.00689 e. The monoisotopic (exact) mass is 348 g/mol. The van der Waals surface area contributed by atoms with Crippen molar-refractivity contribution in [2.24, 2.45) is 21.7 Å². The maximum Gasteiger partial charge on any atom is -0.00689 e. The molecule has 100 valence electrons. The summed E-state index contributed by atoms with van der Waals surface area (Å²) in [6.45, 7) is 14.5. The number of allylic oxidation sites excluding steroid dienone is 2. The summed E-state index contributed by atoms with van der Waals surface area (Å²) in [6, 6.07) is 0. The molecule has 0 aliphatic heterocycles. The van der Waals surface area contributed by atoms with Crippen molar-refractivity contribution in [2.75, 3.05) is 0 Å². The number of halogens is 1. The third kappa shape index (κ3) is 2.21. The van der Waals surface area contributed by atoms with Gasteiger partial charge in [-0.25, -0.2) is 0 Å². The molecule has 0 aromatic carbocycles. The van der Waals surface area contributed by atoms with Gasteiger partial charge in [0.1, 0.15) is 0 Å². The van der Waals surface area contributed by atoms with Gasteiger partial charge in [-0.3, -0.25) is 0 Å². The zero-order chi connectivity index (χ0) is 12.2. The van der Waals surface area contributed by atoms with Crippen LogP contribution in [0.25, 0.3) is 0 Å². The van der Waals surface area contributed by atoms with Gasteiger partial charge in [0.05, 0.1) is 0 Å². The molecule has 3 aliphatic carbocycles. The van der Waals surface area contributed by atoms with Gasteiger partial charge in [-0.15, -0.1) is 24.0 Å². The molecule has 0 spiro atoms. The first-order valence-corrected chi connectivity index (χ1v) is 6.82. The number of hydrogen-bond acceptors (Lipinski definition) is 0. The van der Waals surface area contributed by atoms with E-state index in [1.807, 2.05) is 0 Å². The summed E-state index contributed by atoms with van der Waals surface area (Å²) in [4.78, 5) is 0. The van der Waals surface area contributed by atoms with Crippen molar-refractivity contribution < 1.29 is 0 Å². The predicted octanol–water partition coefficient (Wildman–Crippen LogP) is 5.81. The summed E-state index contributed by atoms with van der Waals surface area (Å²) in [5, 5.41) is 0. The molecule has 1 heteroatoms. The van der Waals surface area contributed by atoms with Gasteiger partial charge in [0.25, 0.3) is 0 Å². The van der Waals surface area contributed by atoms with Crippen LogP contribution in [0, 0.1) is 21.7 Å². The second-order valence-corrected chi connectivity index (χ2v) is 8.15. The lowest BCUT2D eigenvalue weighted by Gasteiger charge is -2.59. The Hall–Kier alpha value is 0.470. The fourth-order valence-corrected chi connectivity index (χ4v) is 3.79. The van der Waals surface area contributed by atoms with E-state index in [1.54, 1.807) is 0 Å². The van der Waals surface area contributed by atoms with Crippen LogP contribution in [0.2, 0.25) is 0 Å². The topological polar surface area (TPSA) is 0 Å². The van der Waals surface area contributed by atoms with Gasteiger partial charge in [-0.2, -0.15) is 0 Å². The minimum Gasteiger partial charge on any atom is -0.107 e. The molecule has 0 amide bonds. The Balaban J connectivity index is 0.00000144. The Morgan fingerprint density at radius 1 is 0.647 bits per heavy atom. The largest absolute Gasteiger partial charge is 0.107 e. The third-order valence-corrected chi connectivity index (χ3v) is 5.74. The zero-order valence-electron chi connectivity index (χ0n) is 12.4. The molecule has 3 aliphatic rings. The molecule has 17 heavy (non-hydrogen) atoms. The Morgan fingerprint density at radius 3 is 1.00 bits per heavy atom. The van der Waals surface area contributed by atoms with Crippen molar-refractivity contribution in [3.05, 3.63) is 12.2 Å². The molecule has 0 aromatic heterocycles. The fourth-order valence-electron chi connectivity index (χ4n) is 3.79. The van der Waals surface area contributed by atoms with Crippen LogP contribution in [-0.2, 0) is 0 Å². The first-order valence-electron chi connectivity index (χ1n) is 6.82. The Kier molecular flexibility index (Phi) is 3.88. The van der Waals surface area contributed by atoms with Crippen LogP contribution < -0.4 is 0 Å². The Bertz CT molecular complexity index is 271. The third-order valence-electron chi connectivity index (χ3n) is 5.74. The van der Waals surface area contributed by atoms with Crippen LogP contribution in [0.5, 0.6) is 0 Å². The van der Waals surface area contributed by atoms with Gasteiger partial charge in [0.2, 0.25) is 0 Å². The summed E-state index contributed by atoms with van der Waals surface area (Å²) in [6.07, 6.45) is 10.7. The molecule has 0 heterocycles. The van der Waals surface area contributed by atoms with Crippen LogP contribution in [0.4, 0.5) is 0 Å². The molecule has 0 atom stereocenters. The highest BCUT2D eigenvalue weighted by molar-refractivity contribution is 14.0. The van der Waals surface area contributed by atoms with Crippen molar-refractivity contribution >= 4 is 24.0 Å². The van der Waals surface area contributed by atoms with Crippen LogP contribution in [0.15, 0.2) is 12.2 Å². The number of rotatable bonds is 0. The van der Waals surface area contributed by atoms with Gasteiger partial charge in [0, 0.05) is 0 Å². The van der Waals surface area contributed by atoms with Gasteiger partial charge in [-0.1, -0.05) is 53.7 Å². The molecule has 0 saturated heterocycles. The molecule has 1 fully saturated rings. The minimum absolute atomic E-state index is 0. The van der Waals surface area contributed by atoms with E-state index in [2.05, 4.69) is 53.7 Å². The van der Waals surface area contributed by atoms with E-state index >= 15 is 0 Å². The average Bonchev–Trinajstić information content (AvgIpc) is 2.17. The van der Waals surface area contributed by atoms with E-state index < -0.39 is 0 Å². The van der Waals surface area contributed by atoms with E-state index in [9.17, 15) is 0 Å². The van der Waals surface area contributed by atoms with Crippen molar-refractivity contribution in [3.63, 3.8) is 0 Å². The molecule has 0 unspecified atom stereocenters. The van der Waals surface area contributed by atoms with Gasteiger partial charge in [0.15, 0.2) is 0 Å². The van der Waals surface area contributed by atoms with Crippen LogP contribution >= 0.6 is 24.0 Å². The van der Waals surface area contributed by atoms with Crippen molar-refractivity contribution in [1.82, 2.24) is 0 Å². The first-order chi connectivity index (χ1) is 7.12. The lowest BCUT2D eigenvalue weighted by atomic mass is 9.46. The average molecular weight is 348 g/mol. The van der Waals surface area contributed by atoms with E-state index in [1.165, 1.54) is 25.7 Å². The second-order valence-electron chi connectivity index (χ2n) is 8.15. The molecule has 2 bridgehead atoms. The van der Waals surface area contributed by atoms with E-state index in [4.69, 9.17) is 0 Å². The quantitative estimate of drug-likeness (QED) is 0.383. The van der Waals surface area contributed by atoms with E-state index in [0.29, 0.717) is 21.7 Å². The highest BCUT2D eigenvalue weighted by Crippen LogP contribution is 2.63. The zero-order valence-corrected chi connectivity index (χ0v) is 14.7. The maximum atomic E-state index is 2.57. The van der Waals surface area contributed by atoms with Crippen LogP contribution in [0.3, 0.4) is 0 Å². The number of fused-ring (bicyclic) bond motifs is 2. The Labute approximate surface area is 125 Å². The minimum atomic E-state index is 0. The lowest BCUT2D eigenvalue weighted by Crippen LogP contribution is -2.48. The summed E-state index contributed by atoms with van der Waals surface area (Å²) in [7, 11) is 0. The molecule has 1 saturated carbocycles. The SMILES string of the molecule is CC(C)(C)C12C=CC(C(C)(C)C)(CC1)CC2.I. The van der Waals surface area contributed by atoms with Gasteiger partial charge < -0.3 is 0 Å². The normalized spacial score (nSPS) is 36.8. The molecule has 3 rings (SSSR count). The fraction of sp³-hybridized carbons (Fsp3) is 0.875. The molecule has 0 radical (unpaired) electrons. The molecule has 0 N–H and O–H groups in total. The van der Waals surface area contributed by atoms with Crippen LogP contribution in [0.1, 0.15) is 67.2 Å². The van der Waals surface area contributed by atoms with E-state index in [-0.39, 0.29) is 24.0 Å². The molecule has 0 nitrogen and oxygen atoms in total. The molecular formula is C16H29I.